The van der Waals surface area contributed by atoms with Crippen molar-refractivity contribution in [2.75, 3.05) is 36.5 Å². The van der Waals surface area contributed by atoms with Crippen molar-refractivity contribution >= 4 is 39.1 Å². The van der Waals surface area contributed by atoms with E-state index < -0.39 is 15.9 Å². The van der Waals surface area contributed by atoms with Crippen LogP contribution in [0.4, 0.5) is 5.69 Å². The minimum atomic E-state index is -3.09. The van der Waals surface area contributed by atoms with E-state index in [0.29, 0.717) is 29.3 Å². The second-order valence-electron chi connectivity index (χ2n) is 13.1. The lowest BCUT2D eigenvalue weighted by Gasteiger charge is -2.28. The summed E-state index contributed by atoms with van der Waals surface area (Å²) in [6, 6.07) is 19.3. The fourth-order valence-corrected chi connectivity index (χ4v) is 7.72. The van der Waals surface area contributed by atoms with Gasteiger partial charge in [0.1, 0.15) is 6.04 Å². The predicted molar refractivity (Wildman–Crippen MR) is 194 cm³/mol. The number of amides is 3. The Labute approximate surface area is 292 Å². The molecule has 9 N–H and O–H groups in total. The minimum Gasteiger partial charge on any atom is -0.382 e. The summed E-state index contributed by atoms with van der Waals surface area (Å²) in [5.41, 5.74) is 19.2. The average molecular weight is 703 g/mol. The summed E-state index contributed by atoms with van der Waals surface area (Å²) in [5, 5.41) is 9.70. The molecular weight excluding hydrogens is 657 g/mol. The normalized spacial score (nSPS) is 19.7. The Morgan fingerprint density at radius 1 is 0.920 bits per heavy atom. The van der Waals surface area contributed by atoms with Crippen LogP contribution in [0.1, 0.15) is 52.7 Å². The number of hydrazone groups is 1. The van der Waals surface area contributed by atoms with E-state index in [1.165, 1.54) is 0 Å². The van der Waals surface area contributed by atoms with Gasteiger partial charge in [0.15, 0.2) is 15.7 Å². The first kappa shape index (κ1) is 36.5. The molecule has 1 aliphatic heterocycles. The maximum atomic E-state index is 13.6. The van der Waals surface area contributed by atoms with Gasteiger partial charge in [-0.15, -0.1) is 5.10 Å². The van der Waals surface area contributed by atoms with Crippen LogP contribution in [-0.2, 0) is 25.8 Å². The zero-order chi connectivity index (χ0) is 35.8. The maximum absolute atomic E-state index is 13.6. The van der Waals surface area contributed by atoms with E-state index in [1.807, 2.05) is 43.3 Å². The lowest BCUT2D eigenvalue weighted by molar-refractivity contribution is -0.130. The molecule has 50 heavy (non-hydrogen) atoms. The second-order valence-corrected chi connectivity index (χ2v) is 15.4. The number of nitrogens with zero attached hydrogens (tertiary/aromatic N) is 2. The quantitative estimate of drug-likeness (QED) is 0.0745. The van der Waals surface area contributed by atoms with Crippen LogP contribution in [0.3, 0.4) is 0 Å². The van der Waals surface area contributed by atoms with Crippen molar-refractivity contribution < 1.29 is 22.8 Å². The number of amidine groups is 1. The molecule has 5 rings (SSSR count). The summed E-state index contributed by atoms with van der Waals surface area (Å²) in [5.74, 6) is 4.96. The van der Waals surface area contributed by atoms with Crippen molar-refractivity contribution in [1.82, 2.24) is 15.8 Å². The highest BCUT2D eigenvalue weighted by atomic mass is 32.2. The van der Waals surface area contributed by atoms with Gasteiger partial charge in [-0.25, -0.2) is 19.8 Å². The van der Waals surface area contributed by atoms with Crippen molar-refractivity contribution in [2.24, 2.45) is 34.2 Å². The van der Waals surface area contributed by atoms with Crippen LogP contribution in [0.2, 0.25) is 0 Å². The molecule has 0 bridgehead atoms. The number of nitrogens with one attached hydrogen (secondary N) is 3. The van der Waals surface area contributed by atoms with E-state index in [0.717, 1.165) is 47.9 Å². The predicted octanol–water partition coefficient (Wildman–Crippen LogP) is 2.05. The highest BCUT2D eigenvalue weighted by molar-refractivity contribution is 7.91. The van der Waals surface area contributed by atoms with E-state index in [4.69, 9.17) is 17.3 Å². The van der Waals surface area contributed by atoms with Crippen LogP contribution < -0.4 is 33.5 Å². The summed E-state index contributed by atoms with van der Waals surface area (Å²) < 4.78 is 23.6. The van der Waals surface area contributed by atoms with Gasteiger partial charge in [-0.2, -0.15) is 0 Å². The van der Waals surface area contributed by atoms with E-state index in [9.17, 15) is 22.8 Å². The molecule has 13 nitrogen and oxygen atoms in total. The van der Waals surface area contributed by atoms with E-state index >= 15 is 0 Å². The molecular formula is C36H46N8O5S. The fraction of sp³-hybridized carbons (Fsp3) is 0.389. The average Bonchev–Trinajstić information content (AvgIpc) is 3.11. The second kappa shape index (κ2) is 16.3. The zero-order valence-corrected chi connectivity index (χ0v) is 29.0. The number of rotatable bonds is 11. The summed E-state index contributed by atoms with van der Waals surface area (Å²) in [7, 11) is -3.09. The third-order valence-electron chi connectivity index (χ3n) is 9.63. The Kier molecular flexibility index (Phi) is 11.9. The molecule has 1 atom stereocenters. The van der Waals surface area contributed by atoms with Crippen molar-refractivity contribution in [1.29, 1.82) is 0 Å². The van der Waals surface area contributed by atoms with Gasteiger partial charge in [0.2, 0.25) is 11.8 Å². The van der Waals surface area contributed by atoms with E-state index in [2.05, 4.69) is 21.3 Å². The number of hydrazine groups is 1. The fourth-order valence-electron chi connectivity index (χ4n) is 6.52. The lowest BCUT2D eigenvalue weighted by atomic mass is 9.81. The standard InChI is InChI=1S/C36H46N8O5S/c1-23-20-29(36(47)44-16-18-50(48,49)19-17-44)12-15-31(23)26-6-2-24(3-7-26)21-32(41-34(45)28-8-4-25(22-37)5-9-28)35(46)40-30-13-10-27(11-14-30)33(38)42-43-39/h2-3,6-7,10-15,20,25,28,32,43H,4-5,8-9,16-19,21-22,37,39H2,1H3,(H2,38,42)(H,40,46)(H,41,45)/t25?,28?,32-/m0/s1. The third kappa shape index (κ3) is 9.25. The number of nitrogens with two attached hydrogens (primary N) is 3. The summed E-state index contributed by atoms with van der Waals surface area (Å²) in [6.45, 7) is 2.94. The number of aryl methyl sites for hydroxylation is 1. The number of carbonyl (C=O) groups excluding carboxylic acids is 3. The number of hydrogen-bond acceptors (Lipinski definition) is 9. The van der Waals surface area contributed by atoms with Crippen LogP contribution in [0.5, 0.6) is 0 Å². The van der Waals surface area contributed by atoms with Crippen molar-refractivity contribution in [3.8, 4) is 11.1 Å². The Morgan fingerprint density at radius 2 is 1.56 bits per heavy atom. The molecule has 3 aromatic rings. The molecule has 0 aromatic heterocycles. The number of benzene rings is 3. The first-order chi connectivity index (χ1) is 24.0. The van der Waals surface area contributed by atoms with Gasteiger partial charge in [-0.05, 0) is 104 Å². The van der Waals surface area contributed by atoms with Gasteiger partial charge >= 0.3 is 0 Å². The van der Waals surface area contributed by atoms with Crippen molar-refractivity contribution in [2.45, 2.75) is 45.1 Å². The Bertz CT molecular complexity index is 1810. The summed E-state index contributed by atoms with van der Waals surface area (Å²) in [4.78, 5) is 41.7. The van der Waals surface area contributed by atoms with E-state index in [1.54, 1.807) is 35.2 Å². The van der Waals surface area contributed by atoms with Gasteiger partial charge in [0.25, 0.3) is 5.91 Å². The third-order valence-corrected chi connectivity index (χ3v) is 11.2. The van der Waals surface area contributed by atoms with Crippen molar-refractivity contribution in [3.05, 3.63) is 89.0 Å². The van der Waals surface area contributed by atoms with Gasteiger partial charge in [-0.1, -0.05) is 30.3 Å². The van der Waals surface area contributed by atoms with Gasteiger partial charge < -0.3 is 27.0 Å². The van der Waals surface area contributed by atoms with Gasteiger partial charge in [-0.3, -0.25) is 14.4 Å². The molecule has 2 aliphatic rings. The smallest absolute Gasteiger partial charge is 0.253 e. The Morgan fingerprint density at radius 3 is 2.16 bits per heavy atom. The Balaban J connectivity index is 1.29. The number of hydrogen-bond donors (Lipinski definition) is 6. The molecule has 3 aromatic carbocycles. The molecule has 1 saturated carbocycles. The minimum absolute atomic E-state index is 0.0176. The first-order valence-electron chi connectivity index (χ1n) is 16.9. The molecule has 14 heteroatoms. The zero-order valence-electron chi connectivity index (χ0n) is 28.2. The van der Waals surface area contributed by atoms with Crippen LogP contribution in [0.25, 0.3) is 11.1 Å². The lowest BCUT2D eigenvalue weighted by Crippen LogP contribution is -2.48. The molecule has 1 heterocycles. The number of carbonyl (C=O) groups is 3. The molecule has 0 unspecified atom stereocenters. The summed E-state index contributed by atoms with van der Waals surface area (Å²) in [6.07, 6.45) is 3.53. The molecule has 0 spiro atoms. The molecule has 0 radical (unpaired) electrons. The molecule has 2 fully saturated rings. The van der Waals surface area contributed by atoms with Crippen LogP contribution in [-0.4, -0.2) is 74.1 Å². The van der Waals surface area contributed by atoms with Crippen LogP contribution >= 0.6 is 0 Å². The maximum Gasteiger partial charge on any atom is 0.253 e. The van der Waals surface area contributed by atoms with E-state index in [-0.39, 0.29) is 60.5 Å². The highest BCUT2D eigenvalue weighted by Gasteiger charge is 2.30. The molecule has 1 aliphatic carbocycles. The molecule has 1 saturated heterocycles. The Hall–Kier alpha value is -4.79. The SMILES string of the molecule is Cc1cc(C(=O)N2CCS(=O)(=O)CC2)ccc1-c1ccc(C[C@H](NC(=O)C2CCC(CN)CC2)C(=O)Nc2ccc(/C(N)=N/NN)cc2)cc1. The molecule has 3 amide bonds. The number of anilines is 1. The van der Waals surface area contributed by atoms with Gasteiger partial charge in [0.05, 0.1) is 11.5 Å². The number of sulfone groups is 1. The monoisotopic (exact) mass is 702 g/mol. The van der Waals surface area contributed by atoms with Crippen LogP contribution in [0, 0.1) is 18.8 Å². The van der Waals surface area contributed by atoms with Crippen LogP contribution in [0.15, 0.2) is 71.8 Å². The highest BCUT2D eigenvalue weighted by Crippen LogP contribution is 2.29. The van der Waals surface area contributed by atoms with Gasteiger partial charge in [0, 0.05) is 42.2 Å². The topological polar surface area (TPSA) is 215 Å². The summed E-state index contributed by atoms with van der Waals surface area (Å²) >= 11 is 0. The largest absolute Gasteiger partial charge is 0.382 e. The van der Waals surface area contributed by atoms with Crippen molar-refractivity contribution in [3.63, 3.8) is 0 Å². The molecule has 266 valence electrons. The first-order valence-corrected chi connectivity index (χ1v) is 18.7.